The van der Waals surface area contributed by atoms with Crippen LogP contribution in [0.3, 0.4) is 0 Å². The van der Waals surface area contributed by atoms with Crippen molar-refractivity contribution in [2.45, 2.75) is 12.0 Å². The quantitative estimate of drug-likeness (QED) is 0.453. The van der Waals surface area contributed by atoms with Gasteiger partial charge in [-0.3, -0.25) is 0 Å². The van der Waals surface area contributed by atoms with Crippen LogP contribution in [0, 0.1) is 0 Å². The number of aliphatic hydroxyl groups is 1. The lowest BCUT2D eigenvalue weighted by Crippen LogP contribution is -2.29. The Labute approximate surface area is 63.0 Å². The molecule has 6 heteroatoms. The Kier molecular flexibility index (Phi) is 1.36. The van der Waals surface area contributed by atoms with Crippen LogP contribution in [0.1, 0.15) is 12.2 Å². The van der Waals surface area contributed by atoms with Gasteiger partial charge in [0.25, 0.3) is 0 Å². The van der Waals surface area contributed by atoms with E-state index in [0.29, 0.717) is 18.8 Å². The third kappa shape index (κ3) is 0.997. The molecule has 1 unspecified atom stereocenters. The molecule has 1 fully saturated rings. The number of rotatable bonds is 1. The second-order valence-electron chi connectivity index (χ2n) is 2.69. The Morgan fingerprint density at radius 1 is 1.55 bits per heavy atom. The molecule has 0 aliphatic carbocycles. The molecule has 6 nitrogen and oxygen atoms in total. The van der Waals surface area contributed by atoms with Crippen molar-refractivity contribution in [2.24, 2.45) is 0 Å². The number of hydrogen-bond acceptors (Lipinski definition) is 5. The van der Waals surface area contributed by atoms with E-state index in [2.05, 4.69) is 25.9 Å². The number of aromatic nitrogens is 4. The first-order valence-electron chi connectivity index (χ1n) is 3.48. The molecule has 0 spiro atoms. The SMILES string of the molecule is OC1(c2nn[nH]n2)CCNC1. The fourth-order valence-electron chi connectivity index (χ4n) is 1.23. The third-order valence-electron chi connectivity index (χ3n) is 1.89. The van der Waals surface area contributed by atoms with Crippen LogP contribution >= 0.6 is 0 Å². The fraction of sp³-hybridized carbons (Fsp3) is 0.800. The normalized spacial score (nSPS) is 31.0. The minimum Gasteiger partial charge on any atom is -0.380 e. The molecule has 0 aromatic carbocycles. The van der Waals surface area contributed by atoms with Crippen molar-refractivity contribution in [3.05, 3.63) is 5.82 Å². The predicted octanol–water partition coefficient (Wildman–Crippen LogP) is -1.62. The van der Waals surface area contributed by atoms with E-state index in [1.165, 1.54) is 0 Å². The standard InChI is InChI=1S/C5H9N5O/c11-5(1-2-6-3-5)4-7-9-10-8-4/h6,11H,1-3H2,(H,7,8,9,10). The average molecular weight is 155 g/mol. The van der Waals surface area contributed by atoms with E-state index in [0.717, 1.165) is 6.54 Å². The molecule has 1 atom stereocenters. The van der Waals surface area contributed by atoms with E-state index in [1.807, 2.05) is 0 Å². The van der Waals surface area contributed by atoms with Gasteiger partial charge in [0.1, 0.15) is 5.60 Å². The van der Waals surface area contributed by atoms with Crippen LogP contribution < -0.4 is 5.32 Å². The highest BCUT2D eigenvalue weighted by Gasteiger charge is 2.36. The lowest BCUT2D eigenvalue weighted by atomic mass is 10.0. The van der Waals surface area contributed by atoms with Gasteiger partial charge in [-0.25, -0.2) is 0 Å². The molecule has 0 saturated carbocycles. The molecule has 11 heavy (non-hydrogen) atoms. The summed E-state index contributed by atoms with van der Waals surface area (Å²) in [4.78, 5) is 0. The van der Waals surface area contributed by atoms with Gasteiger partial charge < -0.3 is 10.4 Å². The van der Waals surface area contributed by atoms with Crippen LogP contribution in [-0.2, 0) is 5.60 Å². The topological polar surface area (TPSA) is 86.7 Å². The minimum atomic E-state index is -0.910. The lowest BCUT2D eigenvalue weighted by Gasteiger charge is -2.14. The number of tetrazole rings is 1. The Hall–Kier alpha value is -1.01. The highest BCUT2D eigenvalue weighted by Crippen LogP contribution is 2.22. The summed E-state index contributed by atoms with van der Waals surface area (Å²) in [6.45, 7) is 1.30. The molecular formula is C5H9N5O. The van der Waals surface area contributed by atoms with Gasteiger partial charge in [-0.2, -0.15) is 5.21 Å². The van der Waals surface area contributed by atoms with Crippen molar-refractivity contribution in [3.63, 3.8) is 0 Å². The summed E-state index contributed by atoms with van der Waals surface area (Å²) < 4.78 is 0. The van der Waals surface area contributed by atoms with Crippen LogP contribution in [0.25, 0.3) is 0 Å². The summed E-state index contributed by atoms with van der Waals surface area (Å²) in [7, 11) is 0. The van der Waals surface area contributed by atoms with Gasteiger partial charge in [0, 0.05) is 6.54 Å². The van der Waals surface area contributed by atoms with E-state index in [4.69, 9.17) is 0 Å². The van der Waals surface area contributed by atoms with Crippen molar-refractivity contribution in [3.8, 4) is 0 Å². The van der Waals surface area contributed by atoms with Gasteiger partial charge in [0.2, 0.25) is 5.82 Å². The van der Waals surface area contributed by atoms with E-state index >= 15 is 0 Å². The van der Waals surface area contributed by atoms with Gasteiger partial charge in [-0.1, -0.05) is 5.21 Å². The molecule has 2 heterocycles. The number of aromatic amines is 1. The Bertz CT molecular complexity index is 227. The maximum absolute atomic E-state index is 9.80. The van der Waals surface area contributed by atoms with Crippen molar-refractivity contribution < 1.29 is 5.11 Å². The number of hydrogen-bond donors (Lipinski definition) is 3. The second kappa shape index (κ2) is 2.24. The minimum absolute atomic E-state index is 0.377. The van der Waals surface area contributed by atoms with Crippen molar-refractivity contribution >= 4 is 0 Å². The third-order valence-corrected chi connectivity index (χ3v) is 1.89. The number of nitrogens with zero attached hydrogens (tertiary/aromatic N) is 3. The van der Waals surface area contributed by atoms with Crippen molar-refractivity contribution in [1.82, 2.24) is 25.9 Å². The Morgan fingerprint density at radius 3 is 3.00 bits per heavy atom. The molecule has 3 N–H and O–H groups in total. The molecule has 60 valence electrons. The molecule has 1 saturated heterocycles. The maximum atomic E-state index is 9.80. The molecule has 1 aromatic rings. The highest BCUT2D eigenvalue weighted by atomic mass is 16.3. The summed E-state index contributed by atoms with van der Waals surface area (Å²) in [6, 6.07) is 0. The first kappa shape index (κ1) is 6.68. The molecule has 1 aliphatic rings. The highest BCUT2D eigenvalue weighted by molar-refractivity contribution is 5.02. The first-order valence-corrected chi connectivity index (χ1v) is 3.48. The van der Waals surface area contributed by atoms with E-state index in [-0.39, 0.29) is 0 Å². The average Bonchev–Trinajstić information content (AvgIpc) is 2.55. The zero-order valence-corrected chi connectivity index (χ0v) is 5.91. The Balaban J connectivity index is 2.27. The van der Waals surface area contributed by atoms with E-state index in [9.17, 15) is 5.11 Å². The van der Waals surface area contributed by atoms with Crippen molar-refractivity contribution in [2.75, 3.05) is 13.1 Å². The van der Waals surface area contributed by atoms with Crippen LogP contribution in [-0.4, -0.2) is 38.8 Å². The summed E-state index contributed by atoms with van der Waals surface area (Å²) in [5.74, 6) is 0.377. The summed E-state index contributed by atoms with van der Waals surface area (Å²) >= 11 is 0. The molecule has 1 aromatic heterocycles. The molecule has 1 aliphatic heterocycles. The monoisotopic (exact) mass is 155 g/mol. The smallest absolute Gasteiger partial charge is 0.207 e. The predicted molar refractivity (Wildman–Crippen MR) is 35.6 cm³/mol. The van der Waals surface area contributed by atoms with Gasteiger partial charge in [0.15, 0.2) is 0 Å². The Morgan fingerprint density at radius 2 is 2.45 bits per heavy atom. The molecule has 0 bridgehead atoms. The zero-order valence-electron chi connectivity index (χ0n) is 5.91. The molecular weight excluding hydrogens is 146 g/mol. The summed E-state index contributed by atoms with van der Waals surface area (Å²) in [6.07, 6.45) is 0.645. The summed E-state index contributed by atoms with van der Waals surface area (Å²) in [5, 5.41) is 26.0. The van der Waals surface area contributed by atoms with Gasteiger partial charge >= 0.3 is 0 Å². The van der Waals surface area contributed by atoms with Crippen molar-refractivity contribution in [1.29, 1.82) is 0 Å². The number of H-pyrrole nitrogens is 1. The maximum Gasteiger partial charge on any atom is 0.207 e. The van der Waals surface area contributed by atoms with Crippen LogP contribution in [0.4, 0.5) is 0 Å². The lowest BCUT2D eigenvalue weighted by molar-refractivity contribution is 0.0492. The van der Waals surface area contributed by atoms with Gasteiger partial charge in [-0.15, -0.1) is 10.2 Å². The van der Waals surface area contributed by atoms with Gasteiger partial charge in [0.05, 0.1) is 0 Å². The largest absolute Gasteiger partial charge is 0.380 e. The fourth-order valence-corrected chi connectivity index (χ4v) is 1.23. The summed E-state index contributed by atoms with van der Waals surface area (Å²) in [5.41, 5.74) is -0.910. The zero-order chi connectivity index (χ0) is 7.73. The van der Waals surface area contributed by atoms with Gasteiger partial charge in [-0.05, 0) is 13.0 Å². The number of nitrogens with one attached hydrogen (secondary N) is 2. The van der Waals surface area contributed by atoms with Crippen LogP contribution in [0.15, 0.2) is 0 Å². The van der Waals surface area contributed by atoms with E-state index in [1.54, 1.807) is 0 Å². The number of β-amino-alcohol motifs (C(OH)–C–C–N with tert-alkyl or cyclic N) is 1. The van der Waals surface area contributed by atoms with Crippen LogP contribution in [0.5, 0.6) is 0 Å². The van der Waals surface area contributed by atoms with E-state index < -0.39 is 5.60 Å². The van der Waals surface area contributed by atoms with Crippen LogP contribution in [0.2, 0.25) is 0 Å². The molecule has 0 radical (unpaired) electrons. The first-order chi connectivity index (χ1) is 5.31. The molecule has 0 amide bonds. The molecule has 2 rings (SSSR count). The second-order valence-corrected chi connectivity index (χ2v) is 2.69.